The minimum Gasteiger partial charge on any atom is -0.480 e. The van der Waals surface area contributed by atoms with Gasteiger partial charge in [-0.25, -0.2) is 4.79 Å². The highest BCUT2D eigenvalue weighted by molar-refractivity contribution is 7.80. The van der Waals surface area contributed by atoms with E-state index in [-0.39, 0.29) is 24.5 Å². The number of amides is 9. The van der Waals surface area contributed by atoms with Gasteiger partial charge in [-0.2, -0.15) is 12.6 Å². The SMILES string of the molecule is CC(C)C[C@H](NC(=O)[C@H](CO)NC(=O)[C@H](CO)NC(=O)[C@H](CS)NC(=O)[C@H](C)NC(=O)[C@H](CC(N)=O)NC(=O)[C@@H](NC(=O)CN)C(C)C)C(=O)N[C@@H](Cc1ccccc1)C(=O)O. The zero-order valence-corrected chi connectivity index (χ0v) is 36.0. The minimum atomic E-state index is -1.76. The molecule has 0 aliphatic heterocycles. The summed E-state index contributed by atoms with van der Waals surface area (Å²) < 4.78 is 0. The van der Waals surface area contributed by atoms with Crippen LogP contribution in [0.4, 0.5) is 0 Å². The molecule has 346 valence electrons. The fraction of sp³-hybridized carbons (Fsp3) is 0.579. The largest absolute Gasteiger partial charge is 0.480 e. The summed E-state index contributed by atoms with van der Waals surface area (Å²) in [6.45, 7) is 5.44. The van der Waals surface area contributed by atoms with Gasteiger partial charge >= 0.3 is 5.97 Å². The molecule has 1 rings (SSSR count). The number of carbonyl (C=O) groups is 10. The van der Waals surface area contributed by atoms with Crippen molar-refractivity contribution in [1.82, 2.24) is 42.5 Å². The van der Waals surface area contributed by atoms with E-state index in [9.17, 15) is 63.3 Å². The Balaban J connectivity index is 2.99. The Morgan fingerprint density at radius 1 is 0.597 bits per heavy atom. The van der Waals surface area contributed by atoms with Crippen LogP contribution in [0.3, 0.4) is 0 Å². The smallest absolute Gasteiger partial charge is 0.326 e. The molecule has 0 heterocycles. The van der Waals surface area contributed by atoms with E-state index in [4.69, 9.17) is 11.5 Å². The molecule has 0 unspecified atom stereocenters. The van der Waals surface area contributed by atoms with Crippen LogP contribution < -0.4 is 54.0 Å². The predicted molar refractivity (Wildman–Crippen MR) is 224 cm³/mol. The third-order valence-corrected chi connectivity index (χ3v) is 9.29. The molecule has 0 bridgehead atoms. The van der Waals surface area contributed by atoms with Crippen molar-refractivity contribution in [3.05, 3.63) is 35.9 Å². The van der Waals surface area contributed by atoms with Crippen LogP contribution in [0.5, 0.6) is 0 Å². The van der Waals surface area contributed by atoms with E-state index in [1.54, 1.807) is 58.0 Å². The Bertz CT molecular complexity index is 1740. The van der Waals surface area contributed by atoms with Crippen LogP contribution in [0.2, 0.25) is 0 Å². The molecule has 0 spiro atoms. The molecule has 0 aliphatic rings. The summed E-state index contributed by atoms with van der Waals surface area (Å²) >= 11 is 4.06. The number of nitrogens with one attached hydrogen (secondary N) is 8. The van der Waals surface area contributed by atoms with Gasteiger partial charge in [0.05, 0.1) is 26.2 Å². The number of rotatable bonds is 27. The highest BCUT2D eigenvalue weighted by Gasteiger charge is 2.34. The predicted octanol–water partition coefficient (Wildman–Crippen LogP) is -5.34. The van der Waals surface area contributed by atoms with Gasteiger partial charge in [0.1, 0.15) is 48.3 Å². The number of carboxylic acids is 1. The summed E-state index contributed by atoms with van der Waals surface area (Å²) in [6.07, 6.45) is -0.710. The lowest BCUT2D eigenvalue weighted by molar-refractivity contribution is -0.142. The van der Waals surface area contributed by atoms with Gasteiger partial charge in [0.15, 0.2) is 0 Å². The van der Waals surface area contributed by atoms with Crippen LogP contribution in [-0.2, 0) is 54.4 Å². The molecule has 1 aromatic carbocycles. The van der Waals surface area contributed by atoms with Crippen molar-refractivity contribution in [2.75, 3.05) is 25.5 Å². The quantitative estimate of drug-likeness (QED) is 0.0367. The summed E-state index contributed by atoms with van der Waals surface area (Å²) in [5.74, 6) is -10.9. The van der Waals surface area contributed by atoms with E-state index in [1.165, 1.54) is 6.92 Å². The minimum absolute atomic E-state index is 0.0373. The summed E-state index contributed by atoms with van der Waals surface area (Å²) in [4.78, 5) is 127. The molecule has 0 radical (unpaired) electrons. The molecule has 1 aromatic rings. The number of aliphatic carboxylic acids is 1. The van der Waals surface area contributed by atoms with Crippen molar-refractivity contribution in [3.8, 4) is 0 Å². The van der Waals surface area contributed by atoms with E-state index in [0.717, 1.165) is 0 Å². The summed E-state index contributed by atoms with van der Waals surface area (Å²) in [5.41, 5.74) is 11.2. The van der Waals surface area contributed by atoms with Crippen molar-refractivity contribution in [1.29, 1.82) is 0 Å². The highest BCUT2D eigenvalue weighted by Crippen LogP contribution is 2.09. The number of primary amides is 1. The third-order valence-electron chi connectivity index (χ3n) is 8.93. The normalized spacial score (nSPS) is 14.9. The molecule has 0 saturated heterocycles. The summed E-state index contributed by atoms with van der Waals surface area (Å²) in [6, 6.07) is -3.26. The first-order chi connectivity index (χ1) is 29.1. The van der Waals surface area contributed by atoms with Crippen molar-refractivity contribution < 1.29 is 63.3 Å². The van der Waals surface area contributed by atoms with E-state index in [0.29, 0.717) is 5.56 Å². The zero-order valence-electron chi connectivity index (χ0n) is 35.1. The lowest BCUT2D eigenvalue weighted by Crippen LogP contribution is -2.61. The number of aliphatic hydroxyl groups is 2. The maximum Gasteiger partial charge on any atom is 0.326 e. The van der Waals surface area contributed by atoms with Gasteiger partial charge < -0.3 is 69.3 Å². The van der Waals surface area contributed by atoms with Crippen molar-refractivity contribution in [3.63, 3.8) is 0 Å². The lowest BCUT2D eigenvalue weighted by Gasteiger charge is -2.27. The molecule has 24 heteroatoms. The lowest BCUT2D eigenvalue weighted by atomic mass is 10.0. The first-order valence-electron chi connectivity index (χ1n) is 19.6. The number of carboxylic acid groups (broad SMARTS) is 1. The van der Waals surface area contributed by atoms with Crippen molar-refractivity contribution in [2.45, 2.75) is 102 Å². The molecule has 0 fully saturated rings. The van der Waals surface area contributed by atoms with Gasteiger partial charge in [0, 0.05) is 12.2 Å². The Morgan fingerprint density at radius 3 is 1.50 bits per heavy atom. The molecule has 0 aromatic heterocycles. The van der Waals surface area contributed by atoms with Crippen LogP contribution in [0.25, 0.3) is 0 Å². The molecule has 9 amide bonds. The van der Waals surface area contributed by atoms with Crippen molar-refractivity contribution in [2.24, 2.45) is 23.3 Å². The fourth-order valence-electron chi connectivity index (χ4n) is 5.54. The second-order valence-electron chi connectivity index (χ2n) is 15.0. The number of thiol groups is 1. The molecule has 0 aliphatic carbocycles. The maximum absolute atomic E-state index is 13.3. The van der Waals surface area contributed by atoms with Crippen LogP contribution in [0.1, 0.15) is 53.0 Å². The van der Waals surface area contributed by atoms with Gasteiger partial charge in [-0.05, 0) is 30.7 Å². The Kier molecular flexibility index (Phi) is 23.7. The van der Waals surface area contributed by atoms with E-state index in [2.05, 4.69) is 55.2 Å². The van der Waals surface area contributed by atoms with Crippen LogP contribution in [0, 0.1) is 11.8 Å². The first kappa shape index (κ1) is 54.2. The molecule has 23 nitrogen and oxygen atoms in total. The van der Waals surface area contributed by atoms with E-state index in [1.807, 2.05) is 0 Å². The second kappa shape index (κ2) is 27.2. The zero-order chi connectivity index (χ0) is 47.3. The molecule has 15 N–H and O–H groups in total. The second-order valence-corrected chi connectivity index (χ2v) is 15.3. The Morgan fingerprint density at radius 2 is 1.05 bits per heavy atom. The molecular weight excluding hydrogens is 837 g/mol. The van der Waals surface area contributed by atoms with E-state index < -0.39 is 140 Å². The summed E-state index contributed by atoms with van der Waals surface area (Å²) in [5, 5.41) is 48.2. The average Bonchev–Trinajstić information content (AvgIpc) is 3.21. The molecule has 8 atom stereocenters. The number of hydrogen-bond acceptors (Lipinski definition) is 14. The van der Waals surface area contributed by atoms with Crippen LogP contribution >= 0.6 is 12.6 Å². The molecular formula is C38H60N10O13S. The molecule has 62 heavy (non-hydrogen) atoms. The van der Waals surface area contributed by atoms with Crippen LogP contribution in [-0.4, -0.2) is 148 Å². The van der Waals surface area contributed by atoms with Crippen molar-refractivity contribution >= 4 is 71.8 Å². The third kappa shape index (κ3) is 18.8. The van der Waals surface area contributed by atoms with Gasteiger partial charge in [-0.3, -0.25) is 43.2 Å². The standard InChI is InChI=1S/C38H60N10O13S/c1-18(2)11-22(33(55)44-24(38(60)61)12-21-9-7-6-8-10-21)42-34(56)25(15-49)45-35(57)26(16-50)46-36(58)27(17-62)47-31(53)20(5)41-32(54)23(13-28(40)51)43-37(59)30(19(3)4)48-29(52)14-39/h6-10,18-20,22-27,30,49-50,62H,11-17,39H2,1-5H3,(H2,40,51)(H,41,54)(H,42,56)(H,43,59)(H,44,55)(H,45,57)(H,46,58)(H,47,53)(H,48,52)(H,60,61)/t20-,22-,23-,24-,25-,26-,27-,30-/m0/s1. The number of aliphatic hydroxyl groups excluding tert-OH is 2. The van der Waals surface area contributed by atoms with Gasteiger partial charge in [-0.15, -0.1) is 0 Å². The Labute approximate surface area is 363 Å². The van der Waals surface area contributed by atoms with Gasteiger partial charge in [-0.1, -0.05) is 58.0 Å². The highest BCUT2D eigenvalue weighted by atomic mass is 32.1. The van der Waals surface area contributed by atoms with E-state index >= 15 is 0 Å². The molecule has 0 saturated carbocycles. The Hall–Kier alpha value is -5.85. The maximum atomic E-state index is 13.3. The first-order valence-corrected chi connectivity index (χ1v) is 20.2. The summed E-state index contributed by atoms with van der Waals surface area (Å²) in [7, 11) is 0. The number of benzene rings is 1. The fourth-order valence-corrected chi connectivity index (χ4v) is 5.80. The van der Waals surface area contributed by atoms with Gasteiger partial charge in [0.25, 0.3) is 0 Å². The van der Waals surface area contributed by atoms with Crippen LogP contribution in [0.15, 0.2) is 30.3 Å². The van der Waals surface area contributed by atoms with Gasteiger partial charge in [0.2, 0.25) is 53.2 Å². The average molecular weight is 897 g/mol. The number of hydrogen-bond donors (Lipinski definition) is 14. The number of carbonyl (C=O) groups excluding carboxylic acids is 9. The number of nitrogens with two attached hydrogens (primary N) is 2. The monoisotopic (exact) mass is 896 g/mol. The topological polar surface area (TPSA) is 380 Å².